The van der Waals surface area contributed by atoms with Crippen LogP contribution in [-0.4, -0.2) is 7.41 Å². The molecule has 0 heterocycles. The van der Waals surface area contributed by atoms with Crippen molar-refractivity contribution >= 4 is 7.41 Å². The van der Waals surface area contributed by atoms with Crippen LogP contribution in [0.2, 0.25) is 5.82 Å². The number of hydrogen-bond donors (Lipinski definition) is 1. The zero-order valence-corrected chi connectivity index (χ0v) is 5.15. The van der Waals surface area contributed by atoms with Crippen molar-refractivity contribution in [2.24, 2.45) is 5.64 Å². The van der Waals surface area contributed by atoms with E-state index in [1.807, 2.05) is 0 Å². The zero-order chi connectivity index (χ0) is 5.70. The fraction of sp³-hybridized carbons (Fsp3) is 1.00. The Morgan fingerprint density at radius 1 is 1.43 bits per heavy atom. The number of nitrogens with two attached hydrogens (primary N) is 1. The summed E-state index contributed by atoms with van der Waals surface area (Å²) < 4.78 is 0. The first-order chi connectivity index (χ1) is 3.35. The summed E-state index contributed by atoms with van der Waals surface area (Å²) in [6, 6.07) is 0. The van der Waals surface area contributed by atoms with E-state index >= 15 is 0 Å². The first-order valence-electron chi connectivity index (χ1n) is 2.90. The van der Waals surface area contributed by atoms with Crippen LogP contribution in [0, 0.1) is 0 Å². The van der Waals surface area contributed by atoms with Gasteiger partial charge in [-0.2, -0.15) is 0 Å². The third-order valence-corrected chi connectivity index (χ3v) is 1.32. The second-order valence-corrected chi connectivity index (χ2v) is 1.77. The van der Waals surface area contributed by atoms with Gasteiger partial charge in [-0.15, -0.1) is 0 Å². The molecule has 0 atom stereocenters. The first-order valence-corrected chi connectivity index (χ1v) is 2.90. The summed E-state index contributed by atoms with van der Waals surface area (Å²) in [5.41, 5.74) is 5.27. The molecule has 0 rings (SSSR count). The van der Waals surface area contributed by atoms with Crippen molar-refractivity contribution in [3.05, 3.63) is 0 Å². The summed E-state index contributed by atoms with van der Waals surface area (Å²) in [6.45, 7) is 4.30. The van der Waals surface area contributed by atoms with Crippen molar-refractivity contribution in [1.82, 2.24) is 0 Å². The standard InChI is InChI=1S/C5H13BN/c1-3-5(4-2)6-7/h5H,3-4,7H2,1-2H3. The smallest absolute Gasteiger partial charge is 0.205 e. The van der Waals surface area contributed by atoms with E-state index < -0.39 is 0 Å². The third-order valence-electron chi connectivity index (χ3n) is 1.32. The maximum Gasteiger partial charge on any atom is 0.205 e. The van der Waals surface area contributed by atoms with E-state index in [0.29, 0.717) is 5.82 Å². The molecule has 0 saturated heterocycles. The van der Waals surface area contributed by atoms with Gasteiger partial charge in [0.25, 0.3) is 0 Å². The van der Waals surface area contributed by atoms with Crippen LogP contribution in [0.25, 0.3) is 0 Å². The summed E-state index contributed by atoms with van der Waals surface area (Å²) in [6.07, 6.45) is 2.35. The highest BCUT2D eigenvalue weighted by molar-refractivity contribution is 6.33. The van der Waals surface area contributed by atoms with Crippen LogP contribution < -0.4 is 5.64 Å². The topological polar surface area (TPSA) is 26.0 Å². The summed E-state index contributed by atoms with van der Waals surface area (Å²) >= 11 is 0. The molecule has 0 aromatic heterocycles. The van der Waals surface area contributed by atoms with Crippen LogP contribution in [0.1, 0.15) is 26.7 Å². The third kappa shape index (κ3) is 2.69. The van der Waals surface area contributed by atoms with E-state index in [-0.39, 0.29) is 0 Å². The predicted molar refractivity (Wildman–Crippen MR) is 34.3 cm³/mol. The van der Waals surface area contributed by atoms with Gasteiger partial charge in [-0.05, 0) is 0 Å². The minimum Gasteiger partial charge on any atom is -0.374 e. The molecule has 2 N–H and O–H groups in total. The lowest BCUT2D eigenvalue weighted by molar-refractivity contribution is 0.758. The van der Waals surface area contributed by atoms with Crippen LogP contribution in [0.4, 0.5) is 0 Å². The lowest BCUT2D eigenvalue weighted by Gasteiger charge is -2.03. The van der Waals surface area contributed by atoms with Crippen molar-refractivity contribution in [2.75, 3.05) is 0 Å². The minimum atomic E-state index is 0.639. The maximum absolute atomic E-state index is 5.27. The minimum absolute atomic E-state index is 0.639. The van der Waals surface area contributed by atoms with E-state index in [0.717, 1.165) is 0 Å². The Morgan fingerprint density at radius 2 is 1.86 bits per heavy atom. The molecule has 0 fully saturated rings. The van der Waals surface area contributed by atoms with Gasteiger partial charge in [-0.1, -0.05) is 32.5 Å². The van der Waals surface area contributed by atoms with Crippen LogP contribution in [0.15, 0.2) is 0 Å². The maximum atomic E-state index is 5.27. The Hall–Kier alpha value is 0.0249. The normalized spacial score (nSPS) is 9.71. The Morgan fingerprint density at radius 3 is 1.86 bits per heavy atom. The van der Waals surface area contributed by atoms with E-state index in [9.17, 15) is 0 Å². The number of hydrogen-bond acceptors (Lipinski definition) is 1. The molecule has 0 saturated carbocycles. The quantitative estimate of drug-likeness (QED) is 0.527. The molecule has 0 amide bonds. The lowest BCUT2D eigenvalue weighted by Crippen LogP contribution is -2.11. The summed E-state index contributed by atoms with van der Waals surface area (Å²) in [5.74, 6) is 0.639. The van der Waals surface area contributed by atoms with E-state index in [2.05, 4.69) is 13.8 Å². The Balaban J connectivity index is 2.99. The van der Waals surface area contributed by atoms with Gasteiger partial charge in [-0.25, -0.2) is 0 Å². The molecule has 0 spiro atoms. The highest BCUT2D eigenvalue weighted by Gasteiger charge is 1.98. The average Bonchev–Trinajstić information content (AvgIpc) is 1.72. The number of rotatable bonds is 3. The fourth-order valence-corrected chi connectivity index (χ4v) is 0.561. The molecule has 0 aliphatic carbocycles. The lowest BCUT2D eigenvalue weighted by atomic mass is 9.74. The molecule has 0 bridgehead atoms. The van der Waals surface area contributed by atoms with Gasteiger partial charge in [0.2, 0.25) is 7.41 Å². The SMILES string of the molecule is CCC([B]N)CC. The van der Waals surface area contributed by atoms with Crippen LogP contribution in [-0.2, 0) is 0 Å². The zero-order valence-electron chi connectivity index (χ0n) is 5.15. The van der Waals surface area contributed by atoms with Gasteiger partial charge in [0.1, 0.15) is 0 Å². The first kappa shape index (κ1) is 7.02. The summed E-state index contributed by atoms with van der Waals surface area (Å²) in [5, 5.41) is 0. The molecule has 2 heteroatoms. The Kier molecular flexibility index (Phi) is 4.21. The van der Waals surface area contributed by atoms with Gasteiger partial charge in [0, 0.05) is 0 Å². The molecular weight excluding hydrogens is 84.9 g/mol. The van der Waals surface area contributed by atoms with Crippen LogP contribution >= 0.6 is 0 Å². The molecule has 1 radical (unpaired) electrons. The molecule has 1 nitrogen and oxygen atoms in total. The van der Waals surface area contributed by atoms with E-state index in [4.69, 9.17) is 5.64 Å². The Bertz CT molecular complexity index is 29.6. The molecule has 0 aromatic rings. The van der Waals surface area contributed by atoms with E-state index in [1.165, 1.54) is 12.8 Å². The predicted octanol–water partition coefficient (Wildman–Crippen LogP) is 1.17. The summed E-state index contributed by atoms with van der Waals surface area (Å²) in [7, 11) is 1.78. The second kappa shape index (κ2) is 4.19. The molecule has 0 unspecified atom stereocenters. The highest BCUT2D eigenvalue weighted by Crippen LogP contribution is 2.09. The molecule has 41 valence electrons. The monoisotopic (exact) mass is 98.1 g/mol. The van der Waals surface area contributed by atoms with E-state index in [1.54, 1.807) is 7.41 Å². The van der Waals surface area contributed by atoms with Gasteiger partial charge in [0.05, 0.1) is 0 Å². The van der Waals surface area contributed by atoms with Gasteiger partial charge in [-0.3, -0.25) is 0 Å². The molecular formula is C5H13BN. The van der Waals surface area contributed by atoms with Crippen molar-refractivity contribution in [2.45, 2.75) is 32.5 Å². The van der Waals surface area contributed by atoms with Crippen molar-refractivity contribution < 1.29 is 0 Å². The van der Waals surface area contributed by atoms with Gasteiger partial charge >= 0.3 is 0 Å². The molecule has 7 heavy (non-hydrogen) atoms. The van der Waals surface area contributed by atoms with Gasteiger partial charge in [0.15, 0.2) is 0 Å². The largest absolute Gasteiger partial charge is 0.374 e. The van der Waals surface area contributed by atoms with Crippen molar-refractivity contribution in [3.63, 3.8) is 0 Å². The average molecular weight is 98.0 g/mol. The Labute approximate surface area is 46.5 Å². The van der Waals surface area contributed by atoms with Crippen molar-refractivity contribution in [3.8, 4) is 0 Å². The fourth-order valence-electron chi connectivity index (χ4n) is 0.561. The molecule has 0 aliphatic rings. The van der Waals surface area contributed by atoms with Crippen LogP contribution in [0.3, 0.4) is 0 Å². The molecule has 0 aromatic carbocycles. The second-order valence-electron chi connectivity index (χ2n) is 1.77. The van der Waals surface area contributed by atoms with Crippen LogP contribution in [0.5, 0.6) is 0 Å². The van der Waals surface area contributed by atoms with Crippen molar-refractivity contribution in [1.29, 1.82) is 0 Å². The van der Waals surface area contributed by atoms with Gasteiger partial charge < -0.3 is 5.64 Å². The summed E-state index contributed by atoms with van der Waals surface area (Å²) in [4.78, 5) is 0. The molecule has 0 aliphatic heterocycles. The highest BCUT2D eigenvalue weighted by atomic mass is 14.4.